The van der Waals surface area contributed by atoms with Crippen LogP contribution in [0.25, 0.3) is 0 Å². The van der Waals surface area contributed by atoms with Gasteiger partial charge in [-0.15, -0.1) is 11.3 Å². The van der Waals surface area contributed by atoms with Crippen LogP contribution in [0, 0.1) is 3.57 Å². The number of nitrogens with one attached hydrogen (secondary N) is 1. The third-order valence-corrected chi connectivity index (χ3v) is 4.01. The fourth-order valence-corrected chi connectivity index (χ4v) is 2.75. The Morgan fingerprint density at radius 3 is 3.00 bits per heavy atom. The van der Waals surface area contributed by atoms with Crippen LogP contribution in [0.3, 0.4) is 0 Å². The summed E-state index contributed by atoms with van der Waals surface area (Å²) < 4.78 is 6.91. The SMILES string of the molecule is CC(C)NCc1nc(COc2cccc(I)c2)cs1. The topological polar surface area (TPSA) is 34.2 Å². The lowest BCUT2D eigenvalue weighted by atomic mass is 10.3. The second-order valence-electron chi connectivity index (χ2n) is 4.51. The third-order valence-electron chi connectivity index (χ3n) is 2.44. The van der Waals surface area contributed by atoms with Crippen molar-refractivity contribution < 1.29 is 4.74 Å². The summed E-state index contributed by atoms with van der Waals surface area (Å²) in [5.74, 6) is 0.891. The van der Waals surface area contributed by atoms with Crippen molar-refractivity contribution in [2.75, 3.05) is 0 Å². The normalized spacial score (nSPS) is 10.9. The summed E-state index contributed by atoms with van der Waals surface area (Å²) in [4.78, 5) is 4.55. The zero-order valence-corrected chi connectivity index (χ0v) is 14.0. The maximum absolute atomic E-state index is 5.73. The lowest BCUT2D eigenvalue weighted by Crippen LogP contribution is -2.21. The van der Waals surface area contributed by atoms with Crippen molar-refractivity contribution in [3.8, 4) is 5.75 Å². The second kappa shape index (κ2) is 7.21. The summed E-state index contributed by atoms with van der Waals surface area (Å²) in [6.45, 7) is 5.62. The van der Waals surface area contributed by atoms with Crippen molar-refractivity contribution in [1.29, 1.82) is 0 Å². The van der Waals surface area contributed by atoms with Crippen LogP contribution in [-0.2, 0) is 13.2 Å². The molecule has 19 heavy (non-hydrogen) atoms. The minimum absolute atomic E-state index is 0.481. The van der Waals surface area contributed by atoms with Gasteiger partial charge in [0.15, 0.2) is 0 Å². The number of halogens is 1. The molecule has 0 saturated heterocycles. The fourth-order valence-electron chi connectivity index (χ4n) is 1.50. The number of hydrogen-bond donors (Lipinski definition) is 1. The predicted octanol–water partition coefficient (Wildman–Crippen LogP) is 3.82. The maximum Gasteiger partial charge on any atom is 0.131 e. The Hall–Kier alpha value is -0.660. The molecule has 1 aromatic carbocycles. The van der Waals surface area contributed by atoms with Gasteiger partial charge in [-0.25, -0.2) is 4.98 Å². The van der Waals surface area contributed by atoms with Crippen molar-refractivity contribution in [1.82, 2.24) is 10.3 Å². The van der Waals surface area contributed by atoms with Gasteiger partial charge in [-0.05, 0) is 40.8 Å². The van der Waals surface area contributed by atoms with Crippen LogP contribution < -0.4 is 10.1 Å². The number of nitrogens with zero attached hydrogens (tertiary/aromatic N) is 1. The fraction of sp³-hybridized carbons (Fsp3) is 0.357. The Balaban J connectivity index is 1.86. The molecule has 102 valence electrons. The van der Waals surface area contributed by atoms with Gasteiger partial charge in [0.05, 0.1) is 5.69 Å². The van der Waals surface area contributed by atoms with E-state index in [-0.39, 0.29) is 0 Å². The van der Waals surface area contributed by atoms with Gasteiger partial charge in [-0.1, -0.05) is 19.9 Å². The Labute approximate surface area is 131 Å². The number of rotatable bonds is 6. The lowest BCUT2D eigenvalue weighted by Gasteiger charge is -2.05. The number of benzene rings is 1. The summed E-state index contributed by atoms with van der Waals surface area (Å²) >= 11 is 3.95. The Kier molecular flexibility index (Phi) is 5.59. The predicted molar refractivity (Wildman–Crippen MR) is 87.6 cm³/mol. The van der Waals surface area contributed by atoms with Crippen LogP contribution in [0.5, 0.6) is 5.75 Å². The summed E-state index contributed by atoms with van der Waals surface area (Å²) in [7, 11) is 0. The highest BCUT2D eigenvalue weighted by molar-refractivity contribution is 14.1. The van der Waals surface area contributed by atoms with E-state index in [2.05, 4.69) is 52.1 Å². The smallest absolute Gasteiger partial charge is 0.131 e. The Morgan fingerprint density at radius 1 is 1.42 bits per heavy atom. The summed E-state index contributed by atoms with van der Waals surface area (Å²) in [6.07, 6.45) is 0. The van der Waals surface area contributed by atoms with E-state index in [1.54, 1.807) is 11.3 Å². The highest BCUT2D eigenvalue weighted by Gasteiger charge is 2.04. The molecule has 2 rings (SSSR count). The van der Waals surface area contributed by atoms with E-state index in [1.165, 1.54) is 3.57 Å². The standard InChI is InChI=1S/C14H17IN2OS/c1-10(2)16-7-14-17-12(9-19-14)8-18-13-5-3-4-11(15)6-13/h3-6,9-10,16H,7-8H2,1-2H3. The molecule has 5 heteroatoms. The molecule has 0 aliphatic rings. The van der Waals surface area contributed by atoms with E-state index in [0.717, 1.165) is 23.0 Å². The summed E-state index contributed by atoms with van der Waals surface area (Å²) in [6, 6.07) is 8.52. The zero-order chi connectivity index (χ0) is 13.7. The molecule has 0 aliphatic carbocycles. The second-order valence-corrected chi connectivity index (χ2v) is 6.70. The van der Waals surface area contributed by atoms with Gasteiger partial charge >= 0.3 is 0 Å². The minimum Gasteiger partial charge on any atom is -0.487 e. The molecule has 0 fully saturated rings. The summed E-state index contributed by atoms with van der Waals surface area (Å²) in [5, 5.41) is 6.53. The first kappa shape index (κ1) is 14.7. The molecule has 0 amide bonds. The molecule has 2 aromatic rings. The van der Waals surface area contributed by atoms with Crippen molar-refractivity contribution in [2.45, 2.75) is 33.0 Å². The molecule has 0 unspecified atom stereocenters. The van der Waals surface area contributed by atoms with Crippen molar-refractivity contribution in [3.05, 3.63) is 43.9 Å². The minimum atomic E-state index is 0.481. The average molecular weight is 388 g/mol. The van der Waals surface area contributed by atoms with Crippen LogP contribution >= 0.6 is 33.9 Å². The Morgan fingerprint density at radius 2 is 2.26 bits per heavy atom. The van der Waals surface area contributed by atoms with E-state index in [0.29, 0.717) is 12.6 Å². The molecule has 0 bridgehead atoms. The van der Waals surface area contributed by atoms with E-state index < -0.39 is 0 Å². The lowest BCUT2D eigenvalue weighted by molar-refractivity contribution is 0.301. The molecule has 0 radical (unpaired) electrons. The van der Waals surface area contributed by atoms with E-state index >= 15 is 0 Å². The van der Waals surface area contributed by atoms with E-state index in [4.69, 9.17) is 4.74 Å². The van der Waals surface area contributed by atoms with Crippen molar-refractivity contribution >= 4 is 33.9 Å². The molecule has 0 atom stereocenters. The van der Waals surface area contributed by atoms with Gasteiger partial charge in [-0.2, -0.15) is 0 Å². The average Bonchev–Trinajstić information content (AvgIpc) is 2.82. The number of thiazole rings is 1. The third kappa shape index (κ3) is 5.08. The molecule has 1 heterocycles. The highest BCUT2D eigenvalue weighted by atomic mass is 127. The van der Waals surface area contributed by atoms with Crippen LogP contribution in [0.15, 0.2) is 29.6 Å². The molecule has 0 aliphatic heterocycles. The molecular formula is C14H17IN2OS. The highest BCUT2D eigenvalue weighted by Crippen LogP contribution is 2.17. The van der Waals surface area contributed by atoms with E-state index in [9.17, 15) is 0 Å². The Bertz CT molecular complexity index is 528. The van der Waals surface area contributed by atoms with Gasteiger partial charge < -0.3 is 10.1 Å². The van der Waals surface area contributed by atoms with Gasteiger partial charge in [0.25, 0.3) is 0 Å². The number of hydrogen-bond acceptors (Lipinski definition) is 4. The van der Waals surface area contributed by atoms with Gasteiger partial charge in [-0.3, -0.25) is 0 Å². The van der Waals surface area contributed by atoms with E-state index in [1.807, 2.05) is 24.3 Å². The monoisotopic (exact) mass is 388 g/mol. The van der Waals surface area contributed by atoms with Crippen LogP contribution in [0.4, 0.5) is 0 Å². The van der Waals surface area contributed by atoms with Gasteiger partial charge in [0, 0.05) is 21.5 Å². The largest absolute Gasteiger partial charge is 0.487 e. The first-order valence-corrected chi connectivity index (χ1v) is 8.14. The zero-order valence-electron chi connectivity index (χ0n) is 11.0. The molecular weight excluding hydrogens is 371 g/mol. The van der Waals surface area contributed by atoms with Crippen LogP contribution in [0.1, 0.15) is 24.5 Å². The van der Waals surface area contributed by atoms with Crippen molar-refractivity contribution in [2.24, 2.45) is 0 Å². The molecule has 3 nitrogen and oxygen atoms in total. The van der Waals surface area contributed by atoms with Crippen molar-refractivity contribution in [3.63, 3.8) is 0 Å². The quantitative estimate of drug-likeness (QED) is 0.764. The van der Waals surface area contributed by atoms with Gasteiger partial charge in [0.2, 0.25) is 0 Å². The number of aromatic nitrogens is 1. The first-order valence-electron chi connectivity index (χ1n) is 6.18. The first-order chi connectivity index (χ1) is 9.13. The van der Waals surface area contributed by atoms with Crippen LogP contribution in [-0.4, -0.2) is 11.0 Å². The maximum atomic E-state index is 5.73. The molecule has 0 saturated carbocycles. The molecule has 0 spiro atoms. The number of ether oxygens (including phenoxy) is 1. The molecule has 1 aromatic heterocycles. The molecule has 1 N–H and O–H groups in total. The van der Waals surface area contributed by atoms with Crippen LogP contribution in [0.2, 0.25) is 0 Å². The van der Waals surface area contributed by atoms with Gasteiger partial charge in [0.1, 0.15) is 17.4 Å². The summed E-state index contributed by atoms with van der Waals surface area (Å²) in [5.41, 5.74) is 0.990.